The minimum absolute atomic E-state index is 0.0752. The molecular weight excluding hydrogens is 657 g/mol. The molecule has 0 spiro atoms. The van der Waals surface area contributed by atoms with E-state index in [1.165, 1.54) is 0 Å². The predicted molar refractivity (Wildman–Crippen MR) is 216 cm³/mol. The summed E-state index contributed by atoms with van der Waals surface area (Å²) in [6.45, 7) is 8.12. The summed E-state index contributed by atoms with van der Waals surface area (Å²) in [5, 5.41) is 0. The van der Waals surface area contributed by atoms with Crippen LogP contribution in [-0.2, 0) is 0 Å². The Morgan fingerprint density at radius 2 is 0.755 bits per heavy atom. The van der Waals surface area contributed by atoms with Crippen LogP contribution in [0.1, 0.15) is 44.5 Å². The Morgan fingerprint density at radius 1 is 0.434 bits per heavy atom. The maximum absolute atomic E-state index is 6.48. The van der Waals surface area contributed by atoms with Gasteiger partial charge in [0.05, 0.1) is 36.7 Å². The minimum atomic E-state index is -0.0752. The monoisotopic (exact) mass is 698 g/mol. The molecule has 0 atom stereocenters. The van der Waals surface area contributed by atoms with Crippen LogP contribution in [0.5, 0.6) is 23.0 Å². The molecule has 0 saturated carbocycles. The number of hydrogen-bond acceptors (Lipinski definition) is 6. The number of aryl methyl sites for hydroxylation is 4. The van der Waals surface area contributed by atoms with Gasteiger partial charge in [0, 0.05) is 22.3 Å². The zero-order valence-electron chi connectivity index (χ0n) is 30.9. The molecule has 0 amide bonds. The van der Waals surface area contributed by atoms with Crippen LogP contribution in [0.3, 0.4) is 0 Å². The molecule has 0 aliphatic rings. The lowest BCUT2D eigenvalue weighted by molar-refractivity contribution is 0.119. The summed E-state index contributed by atoms with van der Waals surface area (Å²) in [6, 6.07) is 43.7. The Kier molecular flexibility index (Phi) is 11.7. The van der Waals surface area contributed by atoms with Crippen molar-refractivity contribution in [3.8, 4) is 23.0 Å². The molecule has 0 aliphatic carbocycles. The number of methoxy groups -OCH3 is 2. The highest BCUT2D eigenvalue weighted by molar-refractivity contribution is 6.03. The highest BCUT2D eigenvalue weighted by Gasteiger charge is 2.19. The fraction of sp³-hybridized carbons (Fsp3) is 0.149. The van der Waals surface area contributed by atoms with E-state index in [4.69, 9.17) is 28.9 Å². The normalized spacial score (nSPS) is 10.4. The van der Waals surface area contributed by atoms with E-state index in [-0.39, 0.29) is 6.79 Å². The van der Waals surface area contributed by atoms with Crippen LogP contribution in [0.15, 0.2) is 143 Å². The van der Waals surface area contributed by atoms with Crippen molar-refractivity contribution in [3.05, 3.63) is 178 Å². The van der Waals surface area contributed by atoms with Crippen molar-refractivity contribution < 1.29 is 18.9 Å². The Hall–Kier alpha value is -6.58. The number of hydrogen-bond donors (Lipinski definition) is 0. The third-order valence-corrected chi connectivity index (χ3v) is 8.59. The molecule has 6 aromatic rings. The van der Waals surface area contributed by atoms with Crippen molar-refractivity contribution in [2.45, 2.75) is 27.7 Å². The first-order chi connectivity index (χ1) is 25.8. The summed E-state index contributed by atoms with van der Waals surface area (Å²) in [7, 11) is 3.33. The van der Waals surface area contributed by atoms with Gasteiger partial charge in [-0.3, -0.25) is 0 Å². The molecule has 53 heavy (non-hydrogen) atoms. The zero-order valence-corrected chi connectivity index (χ0v) is 30.9. The Bertz CT molecular complexity index is 2180. The lowest BCUT2D eigenvalue weighted by Gasteiger charge is -2.18. The predicted octanol–water partition coefficient (Wildman–Crippen LogP) is 11.2. The second-order valence-corrected chi connectivity index (χ2v) is 12.7. The molecule has 0 bridgehead atoms. The first kappa shape index (κ1) is 36.2. The minimum Gasteiger partial charge on any atom is -0.496 e. The lowest BCUT2D eigenvalue weighted by Crippen LogP contribution is -2.09. The summed E-state index contributed by atoms with van der Waals surface area (Å²) < 4.78 is 24.6. The highest BCUT2D eigenvalue weighted by atomic mass is 16.7. The van der Waals surface area contributed by atoms with Gasteiger partial charge < -0.3 is 18.9 Å². The van der Waals surface area contributed by atoms with E-state index in [1.807, 2.05) is 123 Å². The van der Waals surface area contributed by atoms with E-state index in [2.05, 4.69) is 49.9 Å². The van der Waals surface area contributed by atoms with Gasteiger partial charge in [-0.15, -0.1) is 0 Å². The number of benzene rings is 6. The van der Waals surface area contributed by atoms with Crippen molar-refractivity contribution in [2.24, 2.45) is 9.98 Å². The summed E-state index contributed by atoms with van der Waals surface area (Å²) in [5.74, 6) is 9.32. The van der Waals surface area contributed by atoms with Gasteiger partial charge >= 0.3 is 0 Å². The van der Waals surface area contributed by atoms with E-state index in [0.29, 0.717) is 23.0 Å². The Morgan fingerprint density at radius 3 is 1.09 bits per heavy atom. The highest BCUT2D eigenvalue weighted by Crippen LogP contribution is 2.38. The van der Waals surface area contributed by atoms with Crippen molar-refractivity contribution in [3.63, 3.8) is 0 Å². The summed E-state index contributed by atoms with van der Waals surface area (Å²) in [6.07, 6.45) is 0. The fourth-order valence-corrected chi connectivity index (χ4v) is 5.90. The van der Waals surface area contributed by atoms with Gasteiger partial charge in [0.15, 0.2) is 0 Å². The first-order valence-corrected chi connectivity index (χ1v) is 17.4. The van der Waals surface area contributed by atoms with Crippen molar-refractivity contribution in [1.82, 2.24) is 0 Å². The molecule has 0 aliphatic heterocycles. The van der Waals surface area contributed by atoms with Crippen LogP contribution in [0.25, 0.3) is 11.1 Å². The summed E-state index contributed by atoms with van der Waals surface area (Å²) in [4.78, 5) is 9.46. The topological polar surface area (TPSA) is 61.6 Å². The fourth-order valence-electron chi connectivity index (χ4n) is 5.90. The summed E-state index contributed by atoms with van der Waals surface area (Å²) >= 11 is 0. The number of nitrogens with zero attached hydrogens (tertiary/aromatic N) is 2. The van der Waals surface area contributed by atoms with E-state index < -0.39 is 0 Å². The van der Waals surface area contributed by atoms with E-state index >= 15 is 0 Å². The van der Waals surface area contributed by atoms with E-state index in [0.717, 1.165) is 67.0 Å². The van der Waals surface area contributed by atoms with Crippen LogP contribution < -0.4 is 18.9 Å². The Balaban J connectivity index is 1.41. The van der Waals surface area contributed by atoms with Gasteiger partial charge in [0.1, 0.15) is 23.0 Å². The van der Waals surface area contributed by atoms with Gasteiger partial charge in [-0.05, 0) is 112 Å². The number of para-hydroxylation sites is 2. The molecule has 0 N–H and O–H groups in total. The van der Waals surface area contributed by atoms with Gasteiger partial charge in [-0.1, -0.05) is 82.9 Å². The molecular formula is C47H42N2O4. The number of ether oxygens (including phenoxy) is 4. The van der Waals surface area contributed by atoms with Crippen LogP contribution in [0.2, 0.25) is 0 Å². The number of rotatable bonds is 12. The Labute approximate surface area is 312 Å². The molecule has 6 nitrogen and oxygen atoms in total. The first-order valence-electron chi connectivity index (χ1n) is 17.4. The van der Waals surface area contributed by atoms with Crippen LogP contribution in [0, 0.1) is 27.7 Å². The molecule has 6 aromatic carbocycles. The summed E-state index contributed by atoms with van der Waals surface area (Å²) in [5.41, 5.74) is 10.6. The van der Waals surface area contributed by atoms with Crippen LogP contribution in [-0.4, -0.2) is 32.8 Å². The maximum Gasteiger partial charge on any atom is 0.230 e. The third kappa shape index (κ3) is 9.02. The molecule has 6 heteroatoms. The second-order valence-electron chi connectivity index (χ2n) is 12.7. The quantitative estimate of drug-likeness (QED) is 0.0943. The van der Waals surface area contributed by atoms with Gasteiger partial charge in [-0.2, -0.15) is 0 Å². The molecule has 0 fully saturated rings. The molecule has 0 aromatic heterocycles. The SMILES string of the molecule is COc1ccc(C)cc1C(=C=Nc1ccccc1)c1cc(C)ccc1OCOc1ccc(C)cc1C(=C=Nc1ccccc1)c1cc(C)ccc1OC. The maximum atomic E-state index is 6.48. The van der Waals surface area contributed by atoms with Crippen molar-refractivity contribution in [1.29, 1.82) is 0 Å². The molecule has 0 heterocycles. The second kappa shape index (κ2) is 17.1. The standard InChI is InChI=1S/C47H42N2O4/c1-32-17-21-44(50-5)38(25-32)42(29-48-36-13-9-7-10-14-36)40-27-34(3)19-23-46(40)52-31-53-47-24-20-35(4)28-41(47)43(30-49-37-15-11-8-12-16-37)39-26-33(2)18-22-45(39)51-6/h7-28H,31H2,1-6H3. The van der Waals surface area contributed by atoms with Crippen LogP contribution in [0.4, 0.5) is 11.4 Å². The van der Waals surface area contributed by atoms with E-state index in [9.17, 15) is 0 Å². The molecule has 0 saturated heterocycles. The number of aliphatic imine (C=N–C) groups is 2. The molecule has 6 rings (SSSR count). The molecule has 264 valence electrons. The zero-order chi connectivity index (χ0) is 37.2. The van der Waals surface area contributed by atoms with Gasteiger partial charge in [0.25, 0.3) is 0 Å². The third-order valence-electron chi connectivity index (χ3n) is 8.59. The lowest BCUT2D eigenvalue weighted by atomic mass is 9.95. The largest absolute Gasteiger partial charge is 0.496 e. The van der Waals surface area contributed by atoms with Crippen molar-refractivity contribution in [2.75, 3.05) is 21.0 Å². The molecule has 0 unspecified atom stereocenters. The van der Waals surface area contributed by atoms with Crippen LogP contribution >= 0.6 is 0 Å². The van der Waals surface area contributed by atoms with Crippen molar-refractivity contribution >= 4 is 34.3 Å². The average molecular weight is 699 g/mol. The van der Waals surface area contributed by atoms with Gasteiger partial charge in [-0.25, -0.2) is 9.98 Å². The average Bonchev–Trinajstić information content (AvgIpc) is 3.17. The van der Waals surface area contributed by atoms with E-state index in [1.54, 1.807) is 14.2 Å². The smallest absolute Gasteiger partial charge is 0.230 e. The van der Waals surface area contributed by atoms with Gasteiger partial charge in [0.2, 0.25) is 6.79 Å². The molecule has 0 radical (unpaired) electrons.